The molecule has 2 heterocycles. The molecule has 150 valence electrons. The number of carbonyl (C=O) groups is 1. The Morgan fingerprint density at radius 2 is 1.72 bits per heavy atom. The maximum Gasteiger partial charge on any atom is 0.277 e. The lowest BCUT2D eigenvalue weighted by Gasteiger charge is -2.36. The van der Waals surface area contributed by atoms with Crippen LogP contribution >= 0.6 is 11.8 Å². The number of halogens is 2. The van der Waals surface area contributed by atoms with Crippen LogP contribution in [0.25, 0.3) is 11.5 Å². The number of carbonyl (C=O) groups excluding carboxylic acids is 1. The van der Waals surface area contributed by atoms with Gasteiger partial charge in [0.25, 0.3) is 5.22 Å². The van der Waals surface area contributed by atoms with Gasteiger partial charge < -0.3 is 14.2 Å². The molecule has 2 aromatic carbocycles. The number of piperazine rings is 1. The van der Waals surface area contributed by atoms with Crippen molar-refractivity contribution in [2.75, 3.05) is 36.8 Å². The number of rotatable bonds is 5. The van der Waals surface area contributed by atoms with Gasteiger partial charge in [0.1, 0.15) is 11.6 Å². The summed E-state index contributed by atoms with van der Waals surface area (Å²) in [5, 5.41) is 8.14. The Balaban J connectivity index is 1.29. The van der Waals surface area contributed by atoms with Crippen molar-refractivity contribution in [3.63, 3.8) is 0 Å². The number of para-hydroxylation sites is 1. The molecular formula is C20H18F2N4O2S. The fraction of sp³-hybridized carbons (Fsp3) is 0.250. The largest absolute Gasteiger partial charge is 0.411 e. The zero-order valence-corrected chi connectivity index (χ0v) is 16.2. The fourth-order valence-electron chi connectivity index (χ4n) is 3.10. The van der Waals surface area contributed by atoms with Gasteiger partial charge >= 0.3 is 0 Å². The maximum absolute atomic E-state index is 13.9. The zero-order chi connectivity index (χ0) is 20.2. The highest BCUT2D eigenvalue weighted by molar-refractivity contribution is 7.99. The Morgan fingerprint density at radius 1 is 1.00 bits per heavy atom. The Labute approximate surface area is 170 Å². The predicted octanol–water partition coefficient (Wildman–Crippen LogP) is 3.46. The second-order valence-corrected chi connectivity index (χ2v) is 7.41. The minimum Gasteiger partial charge on any atom is -0.411 e. The van der Waals surface area contributed by atoms with E-state index in [1.165, 1.54) is 18.2 Å². The summed E-state index contributed by atoms with van der Waals surface area (Å²) < 4.78 is 32.4. The molecule has 0 spiro atoms. The lowest BCUT2D eigenvalue weighted by molar-refractivity contribution is -0.128. The first-order valence-electron chi connectivity index (χ1n) is 9.09. The molecule has 0 radical (unpaired) electrons. The first-order chi connectivity index (χ1) is 14.1. The number of anilines is 1. The SMILES string of the molecule is O=C(CSc1nnc(-c2ccc(F)cc2)o1)N1CCN(c2ccccc2F)CC1. The molecule has 9 heteroatoms. The second kappa shape index (κ2) is 8.60. The molecule has 1 fully saturated rings. The van der Waals surface area contributed by atoms with Crippen LogP contribution in [-0.2, 0) is 4.79 Å². The molecule has 0 N–H and O–H groups in total. The van der Waals surface area contributed by atoms with E-state index in [0.29, 0.717) is 37.4 Å². The molecule has 0 atom stereocenters. The van der Waals surface area contributed by atoms with E-state index >= 15 is 0 Å². The molecule has 4 rings (SSSR count). The molecule has 1 aliphatic rings. The first-order valence-corrected chi connectivity index (χ1v) is 10.1. The Kier molecular flexibility index (Phi) is 5.75. The highest BCUT2D eigenvalue weighted by atomic mass is 32.2. The molecule has 0 bridgehead atoms. The van der Waals surface area contributed by atoms with E-state index < -0.39 is 0 Å². The van der Waals surface area contributed by atoms with Gasteiger partial charge in [0.15, 0.2) is 0 Å². The fourth-order valence-corrected chi connectivity index (χ4v) is 3.76. The lowest BCUT2D eigenvalue weighted by Crippen LogP contribution is -2.49. The highest BCUT2D eigenvalue weighted by Gasteiger charge is 2.23. The van der Waals surface area contributed by atoms with Crippen molar-refractivity contribution >= 4 is 23.4 Å². The number of thioether (sulfide) groups is 1. The average Bonchev–Trinajstić information content (AvgIpc) is 3.22. The number of hydrogen-bond acceptors (Lipinski definition) is 6. The Morgan fingerprint density at radius 3 is 2.45 bits per heavy atom. The lowest BCUT2D eigenvalue weighted by atomic mass is 10.2. The van der Waals surface area contributed by atoms with Gasteiger partial charge in [0.2, 0.25) is 11.8 Å². The summed E-state index contributed by atoms with van der Waals surface area (Å²) in [5.74, 6) is -0.187. The van der Waals surface area contributed by atoms with Crippen molar-refractivity contribution in [1.29, 1.82) is 0 Å². The van der Waals surface area contributed by atoms with Gasteiger partial charge in [-0.1, -0.05) is 23.9 Å². The summed E-state index contributed by atoms with van der Waals surface area (Å²) in [6.45, 7) is 2.20. The van der Waals surface area contributed by atoms with Gasteiger partial charge in [-0.05, 0) is 36.4 Å². The monoisotopic (exact) mass is 416 g/mol. The van der Waals surface area contributed by atoms with Crippen LogP contribution in [-0.4, -0.2) is 52.9 Å². The molecular weight excluding hydrogens is 398 g/mol. The van der Waals surface area contributed by atoms with E-state index in [-0.39, 0.29) is 34.4 Å². The predicted molar refractivity (Wildman–Crippen MR) is 106 cm³/mol. The number of nitrogens with zero attached hydrogens (tertiary/aromatic N) is 4. The summed E-state index contributed by atoms with van der Waals surface area (Å²) >= 11 is 1.16. The molecule has 1 amide bonds. The van der Waals surface area contributed by atoms with Crippen molar-refractivity contribution in [1.82, 2.24) is 15.1 Å². The van der Waals surface area contributed by atoms with E-state index in [9.17, 15) is 13.6 Å². The molecule has 1 saturated heterocycles. The minimum absolute atomic E-state index is 0.0373. The zero-order valence-electron chi connectivity index (χ0n) is 15.4. The summed E-state index contributed by atoms with van der Waals surface area (Å²) in [6, 6.07) is 12.4. The molecule has 0 aliphatic carbocycles. The highest BCUT2D eigenvalue weighted by Crippen LogP contribution is 2.24. The second-order valence-electron chi connectivity index (χ2n) is 6.49. The summed E-state index contributed by atoms with van der Waals surface area (Å²) in [5.41, 5.74) is 1.18. The van der Waals surface area contributed by atoms with Gasteiger partial charge in [-0.2, -0.15) is 0 Å². The van der Waals surface area contributed by atoms with Crippen molar-refractivity contribution < 1.29 is 18.0 Å². The third-order valence-electron chi connectivity index (χ3n) is 4.64. The van der Waals surface area contributed by atoms with Crippen LogP contribution in [0.3, 0.4) is 0 Å². The van der Waals surface area contributed by atoms with Crippen LogP contribution in [0.5, 0.6) is 0 Å². The van der Waals surface area contributed by atoms with Gasteiger partial charge in [-0.25, -0.2) is 8.78 Å². The third kappa shape index (κ3) is 4.56. The topological polar surface area (TPSA) is 62.5 Å². The van der Waals surface area contributed by atoms with Crippen molar-refractivity contribution in [3.05, 3.63) is 60.2 Å². The quantitative estimate of drug-likeness (QED) is 0.594. The third-order valence-corrected chi connectivity index (χ3v) is 5.45. The molecule has 29 heavy (non-hydrogen) atoms. The van der Waals surface area contributed by atoms with Gasteiger partial charge in [0.05, 0.1) is 11.4 Å². The number of amides is 1. The van der Waals surface area contributed by atoms with Crippen LogP contribution < -0.4 is 4.90 Å². The van der Waals surface area contributed by atoms with Crippen LogP contribution in [0, 0.1) is 11.6 Å². The summed E-state index contributed by atoms with van der Waals surface area (Å²) in [4.78, 5) is 16.2. The van der Waals surface area contributed by atoms with Gasteiger partial charge in [-0.15, -0.1) is 10.2 Å². The van der Waals surface area contributed by atoms with E-state index in [1.54, 1.807) is 35.2 Å². The summed E-state index contributed by atoms with van der Waals surface area (Å²) in [7, 11) is 0. The van der Waals surface area contributed by atoms with E-state index in [4.69, 9.17) is 4.42 Å². The molecule has 0 unspecified atom stereocenters. The van der Waals surface area contributed by atoms with Crippen molar-refractivity contribution in [2.24, 2.45) is 0 Å². The first kappa shape index (κ1) is 19.4. The number of hydrogen-bond donors (Lipinski definition) is 0. The van der Waals surface area contributed by atoms with Gasteiger partial charge in [0, 0.05) is 31.7 Å². The molecule has 6 nitrogen and oxygen atoms in total. The molecule has 1 aliphatic heterocycles. The van der Waals surface area contributed by atoms with Crippen LogP contribution in [0.2, 0.25) is 0 Å². The van der Waals surface area contributed by atoms with E-state index in [0.717, 1.165) is 11.8 Å². The van der Waals surface area contributed by atoms with E-state index in [1.807, 2.05) is 4.90 Å². The number of aromatic nitrogens is 2. The maximum atomic E-state index is 13.9. The molecule has 3 aromatic rings. The van der Waals surface area contributed by atoms with Crippen molar-refractivity contribution in [3.8, 4) is 11.5 Å². The standard InChI is InChI=1S/C20H18F2N4O2S/c21-15-7-5-14(6-8-15)19-23-24-20(28-19)29-13-18(27)26-11-9-25(10-12-26)17-4-2-1-3-16(17)22/h1-8H,9-13H2. The molecule has 1 aromatic heterocycles. The Hall–Kier alpha value is -2.94. The normalized spacial score (nSPS) is 14.3. The molecule has 0 saturated carbocycles. The number of benzene rings is 2. The smallest absolute Gasteiger partial charge is 0.277 e. The van der Waals surface area contributed by atoms with Crippen molar-refractivity contribution in [2.45, 2.75) is 5.22 Å². The van der Waals surface area contributed by atoms with Crippen LogP contribution in [0.15, 0.2) is 58.2 Å². The summed E-state index contributed by atoms with van der Waals surface area (Å²) in [6.07, 6.45) is 0. The minimum atomic E-state index is -0.344. The average molecular weight is 416 g/mol. The van der Waals surface area contributed by atoms with Crippen LogP contribution in [0.4, 0.5) is 14.5 Å². The van der Waals surface area contributed by atoms with Crippen LogP contribution in [0.1, 0.15) is 0 Å². The van der Waals surface area contributed by atoms with Gasteiger partial charge in [-0.3, -0.25) is 4.79 Å². The Bertz CT molecular complexity index is 988. The van der Waals surface area contributed by atoms with E-state index in [2.05, 4.69) is 10.2 Å².